The van der Waals surface area contributed by atoms with E-state index in [0.717, 1.165) is 22.6 Å². The molecule has 0 atom stereocenters. The maximum absolute atomic E-state index is 13.5. The summed E-state index contributed by atoms with van der Waals surface area (Å²) in [4.78, 5) is 19.8. The molecule has 4 rings (SSSR count). The number of rotatable bonds is 7. The number of hydrogen-bond donors (Lipinski definition) is 0. The standard InChI is InChI=1S/C26H24N2O4/c1-4-32-21-15-11-19(12-16-21)28-25(22-7-5-6-8-24(22)31-3)27-23(26(28)29)17-18-9-13-20(30-2)14-10-18/h5-17H,4H2,1-3H3/b23-17+. The van der Waals surface area contributed by atoms with Gasteiger partial charge in [-0.05, 0) is 67.1 Å². The Labute approximate surface area is 187 Å². The largest absolute Gasteiger partial charge is 0.497 e. The molecule has 0 aliphatic carbocycles. The van der Waals surface area contributed by atoms with Crippen molar-refractivity contribution in [3.05, 3.63) is 89.6 Å². The molecule has 1 aliphatic heterocycles. The summed E-state index contributed by atoms with van der Waals surface area (Å²) >= 11 is 0. The Balaban J connectivity index is 1.79. The van der Waals surface area contributed by atoms with Gasteiger partial charge in [-0.25, -0.2) is 4.99 Å². The number of para-hydroxylation sites is 1. The van der Waals surface area contributed by atoms with E-state index in [2.05, 4.69) is 0 Å². The third-order valence-corrected chi connectivity index (χ3v) is 5.03. The number of aliphatic imine (C=N–C) groups is 1. The summed E-state index contributed by atoms with van der Waals surface area (Å²) in [7, 11) is 3.22. The Hall–Kier alpha value is -4.06. The van der Waals surface area contributed by atoms with Crippen LogP contribution in [0.25, 0.3) is 6.08 Å². The second-order valence-electron chi connectivity index (χ2n) is 7.01. The van der Waals surface area contributed by atoms with Crippen molar-refractivity contribution in [3.8, 4) is 17.2 Å². The zero-order valence-corrected chi connectivity index (χ0v) is 18.2. The Morgan fingerprint density at radius 3 is 2.22 bits per heavy atom. The van der Waals surface area contributed by atoms with Gasteiger partial charge >= 0.3 is 0 Å². The van der Waals surface area contributed by atoms with Crippen LogP contribution in [0, 0.1) is 0 Å². The number of hydrogen-bond acceptors (Lipinski definition) is 5. The lowest BCUT2D eigenvalue weighted by Crippen LogP contribution is -2.32. The van der Waals surface area contributed by atoms with Gasteiger partial charge in [0.05, 0.1) is 32.1 Å². The van der Waals surface area contributed by atoms with Gasteiger partial charge in [-0.2, -0.15) is 0 Å². The SMILES string of the molecule is CCOc1ccc(N2C(=O)/C(=C\c3ccc(OC)cc3)N=C2c2ccccc2OC)cc1. The van der Waals surface area contributed by atoms with E-state index in [-0.39, 0.29) is 5.91 Å². The van der Waals surface area contributed by atoms with Crippen LogP contribution >= 0.6 is 0 Å². The van der Waals surface area contributed by atoms with Crippen LogP contribution in [0.15, 0.2) is 83.5 Å². The molecule has 0 fully saturated rings. The Kier molecular flexibility index (Phi) is 6.22. The van der Waals surface area contributed by atoms with E-state index in [1.165, 1.54) is 0 Å². The van der Waals surface area contributed by atoms with Crippen molar-refractivity contribution in [1.82, 2.24) is 0 Å². The third kappa shape index (κ3) is 4.21. The van der Waals surface area contributed by atoms with E-state index in [1.54, 1.807) is 25.2 Å². The fraction of sp³-hybridized carbons (Fsp3) is 0.154. The molecule has 0 saturated heterocycles. The third-order valence-electron chi connectivity index (χ3n) is 5.03. The van der Waals surface area contributed by atoms with Crippen LogP contribution in [-0.4, -0.2) is 32.6 Å². The first kappa shape index (κ1) is 21.2. The smallest absolute Gasteiger partial charge is 0.282 e. The van der Waals surface area contributed by atoms with Crippen molar-refractivity contribution in [3.63, 3.8) is 0 Å². The first-order valence-electron chi connectivity index (χ1n) is 10.3. The minimum atomic E-state index is -0.217. The molecule has 0 saturated carbocycles. The van der Waals surface area contributed by atoms with Crippen molar-refractivity contribution in [1.29, 1.82) is 0 Å². The number of amides is 1. The van der Waals surface area contributed by atoms with Crippen LogP contribution in [0.4, 0.5) is 5.69 Å². The molecule has 0 bridgehead atoms. The minimum absolute atomic E-state index is 0.217. The summed E-state index contributed by atoms with van der Waals surface area (Å²) < 4.78 is 16.3. The van der Waals surface area contributed by atoms with Crippen molar-refractivity contribution >= 4 is 23.5 Å². The molecule has 0 spiro atoms. The number of carbonyl (C=O) groups is 1. The summed E-state index contributed by atoms with van der Waals surface area (Å²) in [6, 6.07) is 22.4. The van der Waals surface area contributed by atoms with Crippen LogP contribution in [0.2, 0.25) is 0 Å². The van der Waals surface area contributed by atoms with E-state index in [0.29, 0.717) is 29.6 Å². The average Bonchev–Trinajstić information content (AvgIpc) is 3.16. The van der Waals surface area contributed by atoms with Crippen LogP contribution in [0.1, 0.15) is 18.1 Å². The zero-order chi connectivity index (χ0) is 22.5. The monoisotopic (exact) mass is 428 g/mol. The van der Waals surface area contributed by atoms with Gasteiger partial charge < -0.3 is 14.2 Å². The average molecular weight is 428 g/mol. The summed E-state index contributed by atoms with van der Waals surface area (Å²) in [5.41, 5.74) is 2.62. The summed E-state index contributed by atoms with van der Waals surface area (Å²) in [6.45, 7) is 2.51. The fourth-order valence-electron chi connectivity index (χ4n) is 3.48. The molecule has 0 N–H and O–H groups in total. The van der Waals surface area contributed by atoms with Gasteiger partial charge in [-0.15, -0.1) is 0 Å². The lowest BCUT2D eigenvalue weighted by molar-refractivity contribution is -0.113. The summed E-state index contributed by atoms with van der Waals surface area (Å²) in [5.74, 6) is 2.43. The van der Waals surface area contributed by atoms with Crippen molar-refractivity contribution < 1.29 is 19.0 Å². The van der Waals surface area contributed by atoms with Gasteiger partial charge in [0.25, 0.3) is 5.91 Å². The molecule has 3 aromatic carbocycles. The fourth-order valence-corrected chi connectivity index (χ4v) is 3.48. The molecule has 0 aromatic heterocycles. The molecular weight excluding hydrogens is 404 g/mol. The number of ether oxygens (including phenoxy) is 3. The molecular formula is C26H24N2O4. The van der Waals surface area contributed by atoms with Crippen molar-refractivity contribution in [2.45, 2.75) is 6.92 Å². The van der Waals surface area contributed by atoms with E-state index >= 15 is 0 Å². The number of anilines is 1. The van der Waals surface area contributed by atoms with E-state index < -0.39 is 0 Å². The summed E-state index contributed by atoms with van der Waals surface area (Å²) in [6.07, 6.45) is 1.77. The molecule has 0 unspecified atom stereocenters. The van der Waals surface area contributed by atoms with Gasteiger partial charge in [-0.1, -0.05) is 24.3 Å². The normalized spacial score (nSPS) is 14.5. The Morgan fingerprint density at radius 1 is 0.875 bits per heavy atom. The summed E-state index contributed by atoms with van der Waals surface area (Å²) in [5, 5.41) is 0. The number of amidine groups is 1. The second-order valence-corrected chi connectivity index (χ2v) is 7.01. The number of benzene rings is 3. The second kappa shape index (κ2) is 9.39. The first-order valence-corrected chi connectivity index (χ1v) is 10.3. The molecule has 6 heteroatoms. The highest BCUT2D eigenvalue weighted by Gasteiger charge is 2.33. The molecule has 162 valence electrons. The van der Waals surface area contributed by atoms with Gasteiger partial charge in [0.2, 0.25) is 0 Å². The molecule has 32 heavy (non-hydrogen) atoms. The molecule has 3 aromatic rings. The predicted octanol–water partition coefficient (Wildman–Crippen LogP) is 4.94. The van der Waals surface area contributed by atoms with Gasteiger partial charge in [0.1, 0.15) is 22.9 Å². The Bertz CT molecular complexity index is 1170. The van der Waals surface area contributed by atoms with Crippen LogP contribution in [0.5, 0.6) is 17.2 Å². The lowest BCUT2D eigenvalue weighted by Gasteiger charge is -2.20. The van der Waals surface area contributed by atoms with Crippen molar-refractivity contribution in [2.24, 2.45) is 4.99 Å². The van der Waals surface area contributed by atoms with Crippen molar-refractivity contribution in [2.75, 3.05) is 25.7 Å². The zero-order valence-electron chi connectivity index (χ0n) is 18.2. The maximum Gasteiger partial charge on any atom is 0.282 e. The topological polar surface area (TPSA) is 60.4 Å². The van der Waals surface area contributed by atoms with Gasteiger partial charge in [-0.3, -0.25) is 9.69 Å². The first-order chi connectivity index (χ1) is 15.6. The molecule has 1 amide bonds. The number of methoxy groups -OCH3 is 2. The minimum Gasteiger partial charge on any atom is -0.497 e. The van der Waals surface area contributed by atoms with Crippen LogP contribution < -0.4 is 19.1 Å². The van der Waals surface area contributed by atoms with E-state index in [4.69, 9.17) is 19.2 Å². The highest BCUT2D eigenvalue weighted by molar-refractivity contribution is 6.33. The van der Waals surface area contributed by atoms with Gasteiger partial charge in [0, 0.05) is 0 Å². The molecule has 0 radical (unpaired) electrons. The molecule has 1 heterocycles. The number of carbonyl (C=O) groups excluding carboxylic acids is 1. The highest BCUT2D eigenvalue weighted by Crippen LogP contribution is 2.32. The predicted molar refractivity (Wildman–Crippen MR) is 126 cm³/mol. The Morgan fingerprint density at radius 2 is 1.56 bits per heavy atom. The molecule has 1 aliphatic rings. The highest BCUT2D eigenvalue weighted by atomic mass is 16.5. The van der Waals surface area contributed by atoms with E-state index in [9.17, 15) is 4.79 Å². The van der Waals surface area contributed by atoms with E-state index in [1.807, 2.05) is 79.7 Å². The van der Waals surface area contributed by atoms with Gasteiger partial charge in [0.15, 0.2) is 5.84 Å². The lowest BCUT2D eigenvalue weighted by atomic mass is 10.1. The maximum atomic E-state index is 13.5. The molecule has 6 nitrogen and oxygen atoms in total. The van der Waals surface area contributed by atoms with Crippen LogP contribution in [-0.2, 0) is 4.79 Å². The van der Waals surface area contributed by atoms with Crippen LogP contribution in [0.3, 0.4) is 0 Å². The number of nitrogens with zero attached hydrogens (tertiary/aromatic N) is 2. The quantitative estimate of drug-likeness (QED) is 0.500.